The van der Waals surface area contributed by atoms with Gasteiger partial charge in [0.25, 0.3) is 0 Å². The van der Waals surface area contributed by atoms with Gasteiger partial charge in [0.1, 0.15) is 5.58 Å². The van der Waals surface area contributed by atoms with E-state index in [1.165, 1.54) is 22.1 Å². The summed E-state index contributed by atoms with van der Waals surface area (Å²) < 4.78 is 17.0. The molecule has 0 saturated carbocycles. The number of nitrogens with one attached hydrogen (secondary N) is 1. The second-order valence-electron chi connectivity index (χ2n) is 14.0. The summed E-state index contributed by atoms with van der Waals surface area (Å²) in [6.45, 7) is 17.6. The Balaban J connectivity index is 0.000000212. The van der Waals surface area contributed by atoms with Crippen molar-refractivity contribution in [2.45, 2.75) is 34.1 Å². The fraction of sp³-hybridized carbons (Fsp3) is 0.372. The van der Waals surface area contributed by atoms with E-state index in [-0.39, 0.29) is 5.63 Å². The highest BCUT2D eigenvalue weighted by Crippen LogP contribution is 2.34. The van der Waals surface area contributed by atoms with E-state index in [2.05, 4.69) is 85.7 Å². The zero-order valence-corrected chi connectivity index (χ0v) is 31.6. The summed E-state index contributed by atoms with van der Waals surface area (Å²) in [6, 6.07) is 25.0. The van der Waals surface area contributed by atoms with Crippen molar-refractivity contribution in [3.8, 4) is 11.5 Å². The zero-order valence-electron chi connectivity index (χ0n) is 31.6. The number of para-hydroxylation sites is 2. The van der Waals surface area contributed by atoms with Crippen LogP contribution in [0.3, 0.4) is 0 Å². The molecule has 8 rings (SSSR count). The first-order valence-electron chi connectivity index (χ1n) is 18.7. The second kappa shape index (κ2) is 16.2. The first-order chi connectivity index (χ1) is 25.8. The van der Waals surface area contributed by atoms with Gasteiger partial charge in [0.2, 0.25) is 0 Å². The number of ether oxygens (including phenoxy) is 2. The van der Waals surface area contributed by atoms with E-state index in [4.69, 9.17) is 18.9 Å². The summed E-state index contributed by atoms with van der Waals surface area (Å²) in [7, 11) is 1.60. The monoisotopic (exact) mass is 714 g/mol. The lowest BCUT2D eigenvalue weighted by atomic mass is 10.1. The van der Waals surface area contributed by atoms with Crippen molar-refractivity contribution >= 4 is 44.1 Å². The predicted octanol–water partition coefficient (Wildman–Crippen LogP) is 6.82. The van der Waals surface area contributed by atoms with Crippen LogP contribution in [-0.2, 0) is 0 Å². The minimum Gasteiger partial charge on any atom is -0.493 e. The molecule has 276 valence electrons. The molecule has 0 radical (unpaired) electrons. The smallest absolute Gasteiger partial charge is 0.339 e. The highest BCUT2D eigenvalue weighted by Gasteiger charge is 2.20. The Labute approximate surface area is 311 Å². The topological polar surface area (TPSA) is 96.2 Å². The van der Waals surface area contributed by atoms with Crippen LogP contribution in [0.4, 0.5) is 11.4 Å². The average Bonchev–Trinajstić information content (AvgIpc) is 3.19. The molecular formula is C43H50N6O4. The van der Waals surface area contributed by atoms with Gasteiger partial charge in [-0.3, -0.25) is 14.9 Å². The molecular weight excluding hydrogens is 665 g/mol. The summed E-state index contributed by atoms with van der Waals surface area (Å²) in [6.07, 6.45) is 0.915. The van der Waals surface area contributed by atoms with Gasteiger partial charge >= 0.3 is 5.63 Å². The van der Waals surface area contributed by atoms with E-state index in [9.17, 15) is 4.79 Å². The molecule has 10 heteroatoms. The van der Waals surface area contributed by atoms with E-state index < -0.39 is 0 Å². The maximum Gasteiger partial charge on any atom is 0.339 e. The summed E-state index contributed by atoms with van der Waals surface area (Å²) >= 11 is 0. The molecule has 0 amide bonds. The van der Waals surface area contributed by atoms with Gasteiger partial charge in [0, 0.05) is 98.1 Å². The van der Waals surface area contributed by atoms with Crippen molar-refractivity contribution in [3.05, 3.63) is 106 Å². The third-order valence-electron chi connectivity index (χ3n) is 10.5. The van der Waals surface area contributed by atoms with Crippen molar-refractivity contribution in [2.24, 2.45) is 0 Å². The van der Waals surface area contributed by atoms with E-state index in [0.29, 0.717) is 29.3 Å². The summed E-state index contributed by atoms with van der Waals surface area (Å²) in [4.78, 5) is 28.9. The maximum absolute atomic E-state index is 12.0. The van der Waals surface area contributed by atoms with E-state index in [1.807, 2.05) is 26.8 Å². The highest BCUT2D eigenvalue weighted by molar-refractivity contribution is 5.92. The van der Waals surface area contributed by atoms with Gasteiger partial charge in [-0.2, -0.15) is 0 Å². The van der Waals surface area contributed by atoms with Crippen LogP contribution in [0.1, 0.15) is 28.9 Å². The molecule has 0 aliphatic carbocycles. The van der Waals surface area contributed by atoms with Crippen LogP contribution >= 0.6 is 0 Å². The second-order valence-corrected chi connectivity index (χ2v) is 14.0. The SMILES string of the molecule is COc1cc2oc(=O)c(C)c(C)c2cc1OCCCN1CCN(c2cccc3ccc(C)nc23)CC1.Cc1ccc2cccc(N3CCNCC3)c2n1. The molecule has 2 aliphatic heterocycles. The fourth-order valence-electron chi connectivity index (χ4n) is 7.28. The number of fused-ring (bicyclic) bond motifs is 3. The third-order valence-corrected chi connectivity index (χ3v) is 10.5. The molecule has 2 saturated heterocycles. The van der Waals surface area contributed by atoms with Gasteiger partial charge in [-0.25, -0.2) is 4.79 Å². The normalized spacial score (nSPS) is 15.1. The first kappa shape index (κ1) is 36.2. The minimum atomic E-state index is -0.317. The molecule has 6 aromatic rings. The largest absolute Gasteiger partial charge is 0.493 e. The Morgan fingerprint density at radius 3 is 1.92 bits per heavy atom. The van der Waals surface area contributed by atoms with Crippen molar-refractivity contribution in [1.29, 1.82) is 0 Å². The lowest BCUT2D eigenvalue weighted by Gasteiger charge is -2.36. The molecule has 0 spiro atoms. The number of anilines is 2. The molecule has 0 bridgehead atoms. The number of rotatable bonds is 8. The number of aryl methyl sites for hydroxylation is 3. The van der Waals surface area contributed by atoms with Crippen LogP contribution in [0.25, 0.3) is 32.8 Å². The van der Waals surface area contributed by atoms with Crippen LogP contribution in [-0.4, -0.2) is 87.5 Å². The van der Waals surface area contributed by atoms with Crippen molar-refractivity contribution in [3.63, 3.8) is 0 Å². The van der Waals surface area contributed by atoms with Crippen molar-refractivity contribution < 1.29 is 13.9 Å². The number of methoxy groups -OCH3 is 1. The lowest BCUT2D eigenvalue weighted by Crippen LogP contribution is -2.46. The number of hydrogen-bond donors (Lipinski definition) is 1. The molecule has 2 fully saturated rings. The number of piperazine rings is 2. The van der Waals surface area contributed by atoms with Crippen LogP contribution in [0.2, 0.25) is 0 Å². The molecule has 3 aromatic heterocycles. The van der Waals surface area contributed by atoms with Crippen LogP contribution in [0.15, 0.2) is 82.0 Å². The Morgan fingerprint density at radius 1 is 0.717 bits per heavy atom. The lowest BCUT2D eigenvalue weighted by molar-refractivity contribution is 0.221. The van der Waals surface area contributed by atoms with Gasteiger partial charge in [0.15, 0.2) is 11.5 Å². The van der Waals surface area contributed by atoms with Gasteiger partial charge in [0.05, 0.1) is 36.1 Å². The molecule has 0 unspecified atom stereocenters. The van der Waals surface area contributed by atoms with Gasteiger partial charge < -0.3 is 29.0 Å². The van der Waals surface area contributed by atoms with E-state index >= 15 is 0 Å². The average molecular weight is 715 g/mol. The quantitative estimate of drug-likeness (QED) is 0.134. The fourth-order valence-corrected chi connectivity index (χ4v) is 7.28. The molecule has 0 atom stereocenters. The van der Waals surface area contributed by atoms with Crippen LogP contribution in [0, 0.1) is 27.7 Å². The Bertz CT molecular complexity index is 2270. The molecule has 5 heterocycles. The van der Waals surface area contributed by atoms with Gasteiger partial charge in [-0.15, -0.1) is 0 Å². The maximum atomic E-state index is 12.0. The molecule has 53 heavy (non-hydrogen) atoms. The van der Waals surface area contributed by atoms with Crippen molar-refractivity contribution in [1.82, 2.24) is 20.2 Å². The molecule has 10 nitrogen and oxygen atoms in total. The molecule has 1 N–H and O–H groups in total. The summed E-state index contributed by atoms with van der Waals surface area (Å²) in [5.74, 6) is 1.24. The first-order valence-corrected chi connectivity index (χ1v) is 18.7. The standard InChI is InChI=1S/C29H33N3O4.C14H17N3/c1-19-9-10-22-7-5-8-24(28(22)30-19)32-14-12-31(13-15-32)11-6-16-35-27-17-23-20(2)21(3)29(33)36-25(23)18-26(27)34-4;1-11-5-6-12-3-2-4-13(14(12)16-11)17-9-7-15-8-10-17/h5,7-10,17-18H,6,11-16H2,1-4H3;2-6,15H,7-10H2,1H3. The molecule has 3 aromatic carbocycles. The van der Waals surface area contributed by atoms with Gasteiger partial charge in [-0.05, 0) is 70.0 Å². The summed E-state index contributed by atoms with van der Waals surface area (Å²) in [5.41, 5.74) is 8.57. The highest BCUT2D eigenvalue weighted by atomic mass is 16.5. The Kier molecular flexibility index (Phi) is 11.1. The van der Waals surface area contributed by atoms with Crippen molar-refractivity contribution in [2.75, 3.05) is 82.4 Å². The number of nitrogens with zero attached hydrogens (tertiary/aromatic N) is 5. The number of aromatic nitrogens is 2. The molecule has 2 aliphatic rings. The third kappa shape index (κ3) is 8.09. The predicted molar refractivity (Wildman–Crippen MR) is 215 cm³/mol. The number of hydrogen-bond acceptors (Lipinski definition) is 10. The van der Waals surface area contributed by atoms with Gasteiger partial charge in [-0.1, -0.05) is 36.4 Å². The van der Waals surface area contributed by atoms with E-state index in [0.717, 1.165) is 98.7 Å². The minimum absolute atomic E-state index is 0.317. The van der Waals surface area contributed by atoms with E-state index in [1.54, 1.807) is 20.1 Å². The Hall–Kier alpha value is -5.19. The number of pyridine rings is 2. The Morgan fingerprint density at radius 2 is 1.32 bits per heavy atom. The van der Waals surface area contributed by atoms with Crippen LogP contribution in [0.5, 0.6) is 11.5 Å². The summed E-state index contributed by atoms with van der Waals surface area (Å²) in [5, 5.41) is 6.67. The zero-order chi connectivity index (χ0) is 36.9. The number of benzene rings is 3. The van der Waals surface area contributed by atoms with Crippen LogP contribution < -0.4 is 30.2 Å².